The molecule has 0 atom stereocenters. The number of anilines is 1. The number of carbonyl (C=O) groups is 1. The third-order valence-corrected chi connectivity index (χ3v) is 4.33. The highest BCUT2D eigenvalue weighted by Gasteiger charge is 2.18. The van der Waals surface area contributed by atoms with Crippen LogP contribution < -0.4 is 10.2 Å². The summed E-state index contributed by atoms with van der Waals surface area (Å²) in [6, 6.07) is 7.47. The second-order valence-corrected chi connectivity index (χ2v) is 6.21. The molecule has 7 heteroatoms. The van der Waals surface area contributed by atoms with E-state index in [1.54, 1.807) is 12.5 Å². The number of carbonyl (C=O) groups excluding carboxylic acids is 1. The second kappa shape index (κ2) is 8.17. The van der Waals surface area contributed by atoms with Gasteiger partial charge in [-0.1, -0.05) is 11.6 Å². The summed E-state index contributed by atoms with van der Waals surface area (Å²) >= 11 is 5.87. The van der Waals surface area contributed by atoms with Crippen LogP contribution in [0.5, 0.6) is 0 Å². The molecule has 0 aliphatic carbocycles. The molecule has 0 saturated carbocycles. The molecule has 1 aliphatic heterocycles. The van der Waals surface area contributed by atoms with E-state index >= 15 is 0 Å². The number of hydrogen-bond donors (Lipinski definition) is 1. The topological polar surface area (TPSA) is 61.6 Å². The van der Waals surface area contributed by atoms with E-state index in [9.17, 15) is 4.79 Å². The van der Waals surface area contributed by atoms with Gasteiger partial charge in [0.25, 0.3) is 0 Å². The molecule has 0 radical (unpaired) electrons. The van der Waals surface area contributed by atoms with Gasteiger partial charge in [-0.25, -0.2) is 4.98 Å². The molecule has 0 bridgehead atoms. The van der Waals surface area contributed by atoms with Gasteiger partial charge in [-0.15, -0.1) is 0 Å². The number of halogens is 1. The molecule has 2 aromatic heterocycles. The van der Waals surface area contributed by atoms with Crippen molar-refractivity contribution in [2.24, 2.45) is 0 Å². The average molecular weight is 349 g/mol. The van der Waals surface area contributed by atoms with Crippen LogP contribution in [0, 0.1) is 0 Å². The number of aromatic nitrogens is 1. The first kappa shape index (κ1) is 16.8. The Kier molecular flexibility index (Phi) is 5.72. The molecule has 6 nitrogen and oxygen atoms in total. The lowest BCUT2D eigenvalue weighted by Crippen LogP contribution is -2.47. The Labute approximate surface area is 146 Å². The molecule has 3 heterocycles. The minimum Gasteiger partial charge on any atom is -0.467 e. The van der Waals surface area contributed by atoms with E-state index in [1.165, 1.54) is 0 Å². The van der Waals surface area contributed by atoms with Crippen LogP contribution in [-0.2, 0) is 11.3 Å². The van der Waals surface area contributed by atoms with Crippen molar-refractivity contribution in [2.75, 3.05) is 37.6 Å². The van der Waals surface area contributed by atoms with Gasteiger partial charge in [-0.3, -0.25) is 9.69 Å². The lowest BCUT2D eigenvalue weighted by Gasteiger charge is -2.35. The first-order chi connectivity index (χ1) is 11.7. The zero-order valence-corrected chi connectivity index (χ0v) is 14.2. The molecule has 1 saturated heterocycles. The summed E-state index contributed by atoms with van der Waals surface area (Å²) in [5.74, 6) is 1.77. The third-order valence-electron chi connectivity index (χ3n) is 4.10. The van der Waals surface area contributed by atoms with Gasteiger partial charge in [0, 0.05) is 45.3 Å². The molecule has 1 aliphatic rings. The van der Waals surface area contributed by atoms with E-state index in [4.69, 9.17) is 16.0 Å². The van der Waals surface area contributed by atoms with Crippen LogP contribution in [-0.4, -0.2) is 48.5 Å². The monoisotopic (exact) mass is 348 g/mol. The van der Waals surface area contributed by atoms with Gasteiger partial charge in [0.2, 0.25) is 5.91 Å². The Morgan fingerprint density at radius 2 is 2.08 bits per heavy atom. The normalized spacial score (nSPS) is 15.5. The predicted molar refractivity (Wildman–Crippen MR) is 93.1 cm³/mol. The predicted octanol–water partition coefficient (Wildman–Crippen LogP) is 2.16. The van der Waals surface area contributed by atoms with Gasteiger partial charge in [0.1, 0.15) is 11.6 Å². The van der Waals surface area contributed by atoms with Crippen molar-refractivity contribution >= 4 is 23.3 Å². The maximum atomic E-state index is 11.9. The van der Waals surface area contributed by atoms with Crippen LogP contribution in [0.4, 0.5) is 5.82 Å². The van der Waals surface area contributed by atoms with Gasteiger partial charge >= 0.3 is 0 Å². The largest absolute Gasteiger partial charge is 0.467 e. The minimum atomic E-state index is 0.0493. The number of piperazine rings is 1. The van der Waals surface area contributed by atoms with E-state index < -0.39 is 0 Å². The molecule has 3 rings (SSSR count). The summed E-state index contributed by atoms with van der Waals surface area (Å²) in [7, 11) is 0. The first-order valence-corrected chi connectivity index (χ1v) is 8.46. The van der Waals surface area contributed by atoms with E-state index in [1.807, 2.05) is 24.3 Å². The molecule has 1 N–H and O–H groups in total. The van der Waals surface area contributed by atoms with Gasteiger partial charge in [-0.05, 0) is 24.3 Å². The molecule has 0 unspecified atom stereocenters. The fourth-order valence-electron chi connectivity index (χ4n) is 2.70. The standard InChI is InChI=1S/C17H21ClN4O2/c18-14-3-4-16(19-12-14)22-9-7-21(8-10-22)6-5-17(23)20-13-15-2-1-11-24-15/h1-4,11-12H,5-10,13H2,(H,20,23). The molecule has 0 spiro atoms. The highest BCUT2D eigenvalue weighted by Crippen LogP contribution is 2.16. The van der Waals surface area contributed by atoms with Crippen LogP contribution in [0.3, 0.4) is 0 Å². The van der Waals surface area contributed by atoms with Crippen LogP contribution >= 0.6 is 11.6 Å². The quantitative estimate of drug-likeness (QED) is 0.866. The fraction of sp³-hybridized carbons (Fsp3) is 0.412. The molecule has 1 fully saturated rings. The minimum absolute atomic E-state index is 0.0493. The molecule has 1 amide bonds. The zero-order chi connectivity index (χ0) is 16.8. The highest BCUT2D eigenvalue weighted by atomic mass is 35.5. The number of pyridine rings is 1. The number of nitrogens with one attached hydrogen (secondary N) is 1. The summed E-state index contributed by atoms with van der Waals surface area (Å²) in [5.41, 5.74) is 0. The zero-order valence-electron chi connectivity index (χ0n) is 13.4. The summed E-state index contributed by atoms with van der Waals surface area (Å²) in [6.07, 6.45) is 3.78. The number of rotatable bonds is 6. The molecule has 0 aromatic carbocycles. The average Bonchev–Trinajstić information content (AvgIpc) is 3.13. The van der Waals surface area contributed by atoms with E-state index in [0.29, 0.717) is 18.0 Å². The Hall–Kier alpha value is -2.05. The van der Waals surface area contributed by atoms with Crippen molar-refractivity contribution in [2.45, 2.75) is 13.0 Å². The van der Waals surface area contributed by atoms with Crippen LogP contribution in [0.2, 0.25) is 5.02 Å². The number of hydrogen-bond acceptors (Lipinski definition) is 5. The van der Waals surface area contributed by atoms with Crippen LogP contribution in [0.1, 0.15) is 12.2 Å². The highest BCUT2D eigenvalue weighted by molar-refractivity contribution is 6.30. The molecular formula is C17H21ClN4O2. The van der Waals surface area contributed by atoms with E-state index in [2.05, 4.69) is 20.1 Å². The van der Waals surface area contributed by atoms with Crippen molar-refractivity contribution in [3.63, 3.8) is 0 Å². The third kappa shape index (κ3) is 4.72. The van der Waals surface area contributed by atoms with Crippen molar-refractivity contribution in [3.8, 4) is 0 Å². The van der Waals surface area contributed by atoms with Gasteiger partial charge < -0.3 is 14.6 Å². The van der Waals surface area contributed by atoms with Crippen molar-refractivity contribution in [1.29, 1.82) is 0 Å². The smallest absolute Gasteiger partial charge is 0.221 e. The van der Waals surface area contributed by atoms with Gasteiger partial charge in [0.15, 0.2) is 0 Å². The van der Waals surface area contributed by atoms with Crippen molar-refractivity contribution < 1.29 is 9.21 Å². The Balaban J connectivity index is 1.36. The summed E-state index contributed by atoms with van der Waals surface area (Å²) < 4.78 is 5.19. The maximum absolute atomic E-state index is 11.9. The van der Waals surface area contributed by atoms with Gasteiger partial charge in [0.05, 0.1) is 17.8 Å². The molecule has 128 valence electrons. The van der Waals surface area contributed by atoms with Gasteiger partial charge in [-0.2, -0.15) is 0 Å². The summed E-state index contributed by atoms with van der Waals surface area (Å²) in [5, 5.41) is 3.52. The van der Waals surface area contributed by atoms with Crippen molar-refractivity contribution in [3.05, 3.63) is 47.5 Å². The molecular weight excluding hydrogens is 328 g/mol. The first-order valence-electron chi connectivity index (χ1n) is 8.08. The summed E-state index contributed by atoms with van der Waals surface area (Å²) in [4.78, 5) is 20.8. The van der Waals surface area contributed by atoms with Crippen LogP contribution in [0.15, 0.2) is 41.1 Å². The van der Waals surface area contributed by atoms with E-state index in [-0.39, 0.29) is 5.91 Å². The number of furan rings is 1. The second-order valence-electron chi connectivity index (χ2n) is 5.77. The molecule has 2 aromatic rings. The molecule has 24 heavy (non-hydrogen) atoms. The lowest BCUT2D eigenvalue weighted by molar-refractivity contribution is -0.121. The Morgan fingerprint density at radius 1 is 1.25 bits per heavy atom. The Morgan fingerprint density at radius 3 is 2.75 bits per heavy atom. The van der Waals surface area contributed by atoms with Crippen LogP contribution in [0.25, 0.3) is 0 Å². The SMILES string of the molecule is O=C(CCN1CCN(c2ccc(Cl)cn2)CC1)NCc1ccco1. The Bertz CT molecular complexity index is 637. The summed E-state index contributed by atoms with van der Waals surface area (Å²) in [6.45, 7) is 4.88. The van der Waals surface area contributed by atoms with Crippen molar-refractivity contribution in [1.82, 2.24) is 15.2 Å². The fourth-order valence-corrected chi connectivity index (χ4v) is 2.81. The number of nitrogens with zero attached hydrogens (tertiary/aromatic N) is 3. The van der Waals surface area contributed by atoms with E-state index in [0.717, 1.165) is 44.3 Å². The lowest BCUT2D eigenvalue weighted by atomic mass is 10.2. The maximum Gasteiger partial charge on any atom is 0.221 e. The number of amides is 1.